The fourth-order valence-corrected chi connectivity index (χ4v) is 1.21. The van der Waals surface area contributed by atoms with E-state index in [0.29, 0.717) is 5.92 Å². The van der Waals surface area contributed by atoms with Crippen molar-refractivity contribution in [3.05, 3.63) is 0 Å². The molecule has 1 fully saturated rings. The van der Waals surface area contributed by atoms with E-state index in [1.54, 1.807) is 0 Å². The molecule has 0 aromatic heterocycles. The number of carboxylic acid groups (broad SMARTS) is 1. The van der Waals surface area contributed by atoms with Gasteiger partial charge in [0.1, 0.15) is 0 Å². The minimum Gasteiger partial charge on any atom is -0.477 e. The third kappa shape index (κ3) is 2.15. The minimum atomic E-state index is -3.66. The average Bonchev–Trinajstić information content (AvgIpc) is 2.57. The molecule has 1 aliphatic carbocycles. The maximum absolute atomic E-state index is 12.6. The Morgan fingerprint density at radius 3 is 2.54 bits per heavy atom. The Kier molecular flexibility index (Phi) is 2.32. The Morgan fingerprint density at radius 2 is 2.23 bits per heavy atom. The van der Waals surface area contributed by atoms with Gasteiger partial charge in [-0.25, -0.2) is 4.79 Å². The third-order valence-electron chi connectivity index (χ3n) is 2.68. The maximum atomic E-state index is 12.6. The predicted octanol–water partition coefficient (Wildman–Crippen LogP) is 1.09. The lowest BCUT2D eigenvalue weighted by Gasteiger charge is -2.17. The summed E-state index contributed by atoms with van der Waals surface area (Å²) in [7, 11) is 0. The highest BCUT2D eigenvalue weighted by molar-refractivity contribution is 5.75. The zero-order valence-corrected chi connectivity index (χ0v) is 7.60. The highest BCUT2D eigenvalue weighted by Crippen LogP contribution is 2.42. The summed E-state index contributed by atoms with van der Waals surface area (Å²) in [6, 6.07) is 0. The second kappa shape index (κ2) is 2.90. The zero-order chi connectivity index (χ0) is 10.3. The quantitative estimate of drug-likeness (QED) is 0.702. The molecule has 0 heterocycles. The third-order valence-corrected chi connectivity index (χ3v) is 2.68. The molecule has 3 nitrogen and oxygen atoms in total. The van der Waals surface area contributed by atoms with Crippen molar-refractivity contribution in [3.8, 4) is 0 Å². The number of aliphatic carboxylic acids is 1. The monoisotopic (exact) mass is 193 g/mol. The molecule has 13 heavy (non-hydrogen) atoms. The lowest BCUT2D eigenvalue weighted by atomic mass is 10.2. The standard InChI is InChI=1S/C8H13F2NO2/c1-5-3-7(5,2)11-4-8(9,10)6(12)13/h5,11H,3-4H2,1-2H3,(H,12,13). The first-order valence-corrected chi connectivity index (χ1v) is 4.14. The summed E-state index contributed by atoms with van der Waals surface area (Å²) >= 11 is 0. The molecule has 0 spiro atoms. The summed E-state index contributed by atoms with van der Waals surface area (Å²) in [4.78, 5) is 10.0. The van der Waals surface area contributed by atoms with E-state index in [1.165, 1.54) is 0 Å². The van der Waals surface area contributed by atoms with E-state index in [2.05, 4.69) is 5.32 Å². The molecule has 0 saturated heterocycles. The van der Waals surface area contributed by atoms with Crippen LogP contribution in [0.25, 0.3) is 0 Å². The second-order valence-corrected chi connectivity index (χ2v) is 3.89. The van der Waals surface area contributed by atoms with Crippen molar-refractivity contribution in [2.75, 3.05) is 6.54 Å². The number of alkyl halides is 2. The van der Waals surface area contributed by atoms with Gasteiger partial charge in [0.05, 0.1) is 6.54 Å². The van der Waals surface area contributed by atoms with E-state index in [4.69, 9.17) is 5.11 Å². The van der Waals surface area contributed by atoms with Crippen molar-refractivity contribution in [2.45, 2.75) is 31.7 Å². The van der Waals surface area contributed by atoms with Crippen LogP contribution in [0.2, 0.25) is 0 Å². The Labute approximate surface area is 75.1 Å². The molecule has 2 unspecified atom stereocenters. The number of hydrogen-bond acceptors (Lipinski definition) is 2. The Balaban J connectivity index is 2.38. The van der Waals surface area contributed by atoms with E-state index in [-0.39, 0.29) is 5.54 Å². The van der Waals surface area contributed by atoms with Crippen molar-refractivity contribution in [2.24, 2.45) is 5.92 Å². The molecular weight excluding hydrogens is 180 g/mol. The normalized spacial score (nSPS) is 33.1. The molecule has 2 N–H and O–H groups in total. The molecule has 0 aliphatic heterocycles. The summed E-state index contributed by atoms with van der Waals surface area (Å²) in [6.45, 7) is 2.96. The van der Waals surface area contributed by atoms with Crippen LogP contribution in [0.15, 0.2) is 0 Å². The van der Waals surface area contributed by atoms with Crippen LogP contribution in [0.1, 0.15) is 20.3 Å². The van der Waals surface area contributed by atoms with Gasteiger partial charge in [0.25, 0.3) is 0 Å². The molecule has 0 aromatic rings. The fourth-order valence-electron chi connectivity index (χ4n) is 1.21. The molecule has 2 atom stereocenters. The number of carbonyl (C=O) groups is 1. The van der Waals surface area contributed by atoms with E-state index in [0.717, 1.165) is 6.42 Å². The second-order valence-electron chi connectivity index (χ2n) is 3.89. The molecule has 0 bridgehead atoms. The number of nitrogens with one attached hydrogen (secondary N) is 1. The van der Waals surface area contributed by atoms with E-state index >= 15 is 0 Å². The molecule has 1 saturated carbocycles. The van der Waals surface area contributed by atoms with Gasteiger partial charge in [-0.15, -0.1) is 0 Å². The highest BCUT2D eigenvalue weighted by atomic mass is 19.3. The largest absolute Gasteiger partial charge is 0.477 e. The molecule has 0 radical (unpaired) electrons. The van der Waals surface area contributed by atoms with Crippen molar-refractivity contribution >= 4 is 5.97 Å². The summed E-state index contributed by atoms with van der Waals surface area (Å²) in [5.74, 6) is -5.39. The van der Waals surface area contributed by atoms with Gasteiger partial charge < -0.3 is 10.4 Å². The summed E-state index contributed by atoms with van der Waals surface area (Å²) < 4.78 is 25.1. The fraction of sp³-hybridized carbons (Fsp3) is 0.875. The van der Waals surface area contributed by atoms with Crippen molar-refractivity contribution in [1.29, 1.82) is 0 Å². The Morgan fingerprint density at radius 1 is 1.77 bits per heavy atom. The Hall–Kier alpha value is -0.710. The predicted molar refractivity (Wildman–Crippen MR) is 42.8 cm³/mol. The average molecular weight is 193 g/mol. The van der Waals surface area contributed by atoms with E-state index < -0.39 is 18.4 Å². The van der Waals surface area contributed by atoms with Gasteiger partial charge in [-0.05, 0) is 19.3 Å². The van der Waals surface area contributed by atoms with Crippen LogP contribution in [0.5, 0.6) is 0 Å². The van der Waals surface area contributed by atoms with Gasteiger partial charge in [-0.1, -0.05) is 6.92 Å². The van der Waals surface area contributed by atoms with Crippen molar-refractivity contribution in [1.82, 2.24) is 5.32 Å². The lowest BCUT2D eigenvalue weighted by Crippen LogP contribution is -2.44. The van der Waals surface area contributed by atoms with Gasteiger partial charge in [0.2, 0.25) is 0 Å². The van der Waals surface area contributed by atoms with Crippen LogP contribution in [0.4, 0.5) is 8.78 Å². The topological polar surface area (TPSA) is 49.3 Å². The van der Waals surface area contributed by atoms with Crippen LogP contribution in [-0.2, 0) is 4.79 Å². The lowest BCUT2D eigenvalue weighted by molar-refractivity contribution is -0.164. The van der Waals surface area contributed by atoms with Crippen LogP contribution < -0.4 is 5.32 Å². The van der Waals surface area contributed by atoms with E-state index in [1.807, 2.05) is 13.8 Å². The van der Waals surface area contributed by atoms with Crippen LogP contribution in [0.3, 0.4) is 0 Å². The molecule has 5 heteroatoms. The van der Waals surface area contributed by atoms with Gasteiger partial charge in [0.15, 0.2) is 0 Å². The number of halogens is 2. The molecule has 1 aliphatic rings. The van der Waals surface area contributed by atoms with Gasteiger partial charge in [-0.2, -0.15) is 8.78 Å². The van der Waals surface area contributed by atoms with Crippen LogP contribution in [0, 0.1) is 5.92 Å². The minimum absolute atomic E-state index is 0.293. The summed E-state index contributed by atoms with van der Waals surface area (Å²) in [5.41, 5.74) is -0.293. The molecule has 0 amide bonds. The molecular formula is C8H13F2NO2. The first-order valence-electron chi connectivity index (χ1n) is 4.14. The van der Waals surface area contributed by atoms with Gasteiger partial charge in [0, 0.05) is 5.54 Å². The maximum Gasteiger partial charge on any atom is 0.375 e. The molecule has 76 valence electrons. The first-order chi connectivity index (χ1) is 5.78. The van der Waals surface area contributed by atoms with Gasteiger partial charge >= 0.3 is 11.9 Å². The smallest absolute Gasteiger partial charge is 0.375 e. The molecule has 0 aromatic carbocycles. The highest BCUT2D eigenvalue weighted by Gasteiger charge is 2.49. The summed E-state index contributed by atoms with van der Waals surface area (Å²) in [6.07, 6.45) is 0.822. The van der Waals surface area contributed by atoms with Crippen molar-refractivity contribution < 1.29 is 18.7 Å². The Bertz CT molecular complexity index is 232. The summed E-state index contributed by atoms with van der Waals surface area (Å²) in [5, 5.41) is 10.7. The van der Waals surface area contributed by atoms with Crippen molar-refractivity contribution in [3.63, 3.8) is 0 Å². The van der Waals surface area contributed by atoms with E-state index in [9.17, 15) is 13.6 Å². The number of hydrogen-bond donors (Lipinski definition) is 2. The molecule has 1 rings (SSSR count). The van der Waals surface area contributed by atoms with Gasteiger partial charge in [-0.3, -0.25) is 0 Å². The number of rotatable bonds is 4. The van der Waals surface area contributed by atoms with Crippen LogP contribution >= 0.6 is 0 Å². The SMILES string of the molecule is CC1CC1(C)NCC(F)(F)C(=O)O. The zero-order valence-electron chi connectivity index (χ0n) is 7.60. The number of carboxylic acids is 1. The van der Waals surface area contributed by atoms with Crippen LogP contribution in [-0.4, -0.2) is 29.1 Å². The first kappa shape index (κ1) is 10.4.